The maximum atomic E-state index is 13.0. The fourth-order valence-electron chi connectivity index (χ4n) is 3.76. The number of fused-ring (bicyclic) bond motifs is 1. The number of carbonyl (C=O) groups excluding carboxylic acids is 1. The first-order valence-corrected chi connectivity index (χ1v) is 9.40. The summed E-state index contributed by atoms with van der Waals surface area (Å²) < 4.78 is 27.6. The largest absolute Gasteiger partial charge is 0.366 e. The number of hydrogen-bond donors (Lipinski definition) is 2. The number of aromatic nitrogens is 3. The quantitative estimate of drug-likeness (QED) is 0.771. The van der Waals surface area contributed by atoms with Crippen molar-refractivity contribution in [2.75, 3.05) is 22.6 Å². The van der Waals surface area contributed by atoms with E-state index in [0.717, 1.165) is 22.6 Å². The van der Waals surface area contributed by atoms with Gasteiger partial charge < -0.3 is 15.5 Å². The van der Waals surface area contributed by atoms with Crippen LogP contribution in [0.25, 0.3) is 0 Å². The molecule has 2 aromatic heterocycles. The average molecular weight is 425 g/mol. The lowest BCUT2D eigenvalue weighted by Crippen LogP contribution is -2.44. The Hall–Kier alpha value is -2.36. The third-order valence-electron chi connectivity index (χ3n) is 5.55. The lowest BCUT2D eigenvalue weighted by Gasteiger charge is -2.34. The van der Waals surface area contributed by atoms with Crippen LogP contribution in [0.4, 0.5) is 26.0 Å². The Labute approximate surface area is 175 Å². The molecule has 0 radical (unpaired) electrons. The lowest BCUT2D eigenvalue weighted by atomic mass is 9.81. The summed E-state index contributed by atoms with van der Waals surface area (Å²) in [6.07, 6.45) is 3.51. The van der Waals surface area contributed by atoms with Crippen molar-refractivity contribution >= 4 is 36.6 Å². The third kappa shape index (κ3) is 4.31. The fraction of sp³-hybridized carbons (Fsp3) is 0.526. The molecule has 10 heteroatoms. The molecule has 1 aliphatic heterocycles. The number of anilines is 3. The van der Waals surface area contributed by atoms with Crippen molar-refractivity contribution in [1.82, 2.24) is 14.8 Å². The van der Waals surface area contributed by atoms with Gasteiger partial charge in [0.1, 0.15) is 11.9 Å². The van der Waals surface area contributed by atoms with E-state index >= 15 is 0 Å². The molecular formula is C19H26F2N6OS. The number of pyridine rings is 1. The monoisotopic (exact) mass is 424 g/mol. The molecule has 1 fully saturated rings. The van der Waals surface area contributed by atoms with Crippen molar-refractivity contribution in [3.05, 3.63) is 29.7 Å². The van der Waals surface area contributed by atoms with Gasteiger partial charge in [-0.1, -0.05) is 0 Å². The number of nitrogens with zero attached hydrogens (tertiary/aromatic N) is 4. The van der Waals surface area contributed by atoms with Crippen LogP contribution in [0.2, 0.25) is 0 Å². The molecular weight excluding hydrogens is 398 g/mol. The number of aryl methyl sites for hydroxylation is 1. The molecule has 1 saturated carbocycles. The van der Waals surface area contributed by atoms with Gasteiger partial charge in [0, 0.05) is 50.8 Å². The van der Waals surface area contributed by atoms with E-state index in [1.807, 2.05) is 38.1 Å². The first-order chi connectivity index (χ1) is 13.2. The van der Waals surface area contributed by atoms with Gasteiger partial charge in [0.2, 0.25) is 11.8 Å². The average Bonchev–Trinajstić information content (AvgIpc) is 3.05. The van der Waals surface area contributed by atoms with Gasteiger partial charge >= 0.3 is 0 Å². The van der Waals surface area contributed by atoms with Gasteiger partial charge in [0.15, 0.2) is 0 Å². The summed E-state index contributed by atoms with van der Waals surface area (Å²) in [6, 6.07) is 1.67. The van der Waals surface area contributed by atoms with E-state index in [0.29, 0.717) is 18.9 Å². The Bertz CT molecular complexity index is 910. The standard InChI is InChI=1S/C19H24F2N6O.H2S/c1-11-17-15(26(3)12(2)18(28)25-17)4-16(24-11)22-7-14-8-23-27(10-14)9-13-5-19(20,21)6-13;/h4,8,10,12-13H,5-7,9H2,1-3H3,(H,22,24)(H,25,28);1H2/t12-;/m0./s1. The zero-order chi connectivity index (χ0) is 20.1. The molecule has 0 aromatic carbocycles. The highest BCUT2D eigenvalue weighted by Crippen LogP contribution is 2.43. The third-order valence-corrected chi connectivity index (χ3v) is 5.55. The maximum absolute atomic E-state index is 13.0. The molecule has 1 atom stereocenters. The summed E-state index contributed by atoms with van der Waals surface area (Å²) in [6.45, 7) is 4.76. The number of nitrogens with one attached hydrogen (secondary N) is 2. The SMILES string of the molecule is Cc1nc(NCc2cnn(CC3CC(F)(F)C3)c2)cc2c1NC(=O)[C@H](C)N2C.S. The Morgan fingerprint density at radius 2 is 2.10 bits per heavy atom. The topological polar surface area (TPSA) is 75.1 Å². The van der Waals surface area contributed by atoms with Crippen molar-refractivity contribution in [1.29, 1.82) is 0 Å². The first-order valence-electron chi connectivity index (χ1n) is 9.40. The van der Waals surface area contributed by atoms with Crippen LogP contribution >= 0.6 is 13.5 Å². The van der Waals surface area contributed by atoms with Crippen LogP contribution in [0.1, 0.15) is 31.0 Å². The Balaban J connectivity index is 0.00000240. The van der Waals surface area contributed by atoms with Crippen molar-refractivity contribution in [2.45, 2.75) is 51.7 Å². The van der Waals surface area contributed by atoms with Gasteiger partial charge in [-0.05, 0) is 19.8 Å². The Morgan fingerprint density at radius 1 is 1.38 bits per heavy atom. The number of halogens is 2. The second-order valence-electron chi connectivity index (χ2n) is 7.82. The lowest BCUT2D eigenvalue weighted by molar-refractivity contribution is -0.117. The molecule has 2 aromatic rings. The highest BCUT2D eigenvalue weighted by atomic mass is 32.1. The number of hydrogen-bond acceptors (Lipinski definition) is 5. The molecule has 1 amide bonds. The highest BCUT2D eigenvalue weighted by Gasteiger charge is 2.45. The van der Waals surface area contributed by atoms with Crippen molar-refractivity contribution in [3.63, 3.8) is 0 Å². The summed E-state index contributed by atoms with van der Waals surface area (Å²) in [5, 5.41) is 10.5. The fourth-order valence-corrected chi connectivity index (χ4v) is 3.76. The highest BCUT2D eigenvalue weighted by molar-refractivity contribution is 7.59. The van der Waals surface area contributed by atoms with E-state index in [4.69, 9.17) is 0 Å². The molecule has 3 heterocycles. The van der Waals surface area contributed by atoms with Crippen LogP contribution in [0.5, 0.6) is 0 Å². The Kier molecular flexibility index (Phi) is 5.75. The van der Waals surface area contributed by atoms with Gasteiger partial charge in [-0.15, -0.1) is 0 Å². The number of carbonyl (C=O) groups is 1. The van der Waals surface area contributed by atoms with Crippen LogP contribution in [0.15, 0.2) is 18.5 Å². The predicted molar refractivity (Wildman–Crippen MR) is 113 cm³/mol. The molecule has 0 bridgehead atoms. The zero-order valence-electron chi connectivity index (χ0n) is 16.7. The minimum Gasteiger partial charge on any atom is -0.366 e. The van der Waals surface area contributed by atoms with Gasteiger partial charge in [0.05, 0.1) is 23.3 Å². The predicted octanol–water partition coefficient (Wildman–Crippen LogP) is 3.13. The van der Waals surface area contributed by atoms with Gasteiger partial charge in [0.25, 0.3) is 0 Å². The summed E-state index contributed by atoms with van der Waals surface area (Å²) in [5.74, 6) is -1.84. The first kappa shape index (κ1) is 21.4. The molecule has 1 aliphatic carbocycles. The molecule has 158 valence electrons. The molecule has 29 heavy (non-hydrogen) atoms. The smallest absolute Gasteiger partial charge is 0.248 e. The molecule has 4 rings (SSSR count). The number of rotatable bonds is 5. The van der Waals surface area contributed by atoms with Crippen LogP contribution in [-0.4, -0.2) is 39.7 Å². The molecule has 0 spiro atoms. The van der Waals surface area contributed by atoms with E-state index in [-0.39, 0.29) is 44.2 Å². The van der Waals surface area contributed by atoms with Crippen LogP contribution in [-0.2, 0) is 17.9 Å². The van der Waals surface area contributed by atoms with Gasteiger partial charge in [-0.25, -0.2) is 13.8 Å². The second kappa shape index (κ2) is 7.81. The molecule has 2 N–H and O–H groups in total. The normalized spacial score (nSPS) is 20.4. The van der Waals surface area contributed by atoms with Crippen molar-refractivity contribution in [3.8, 4) is 0 Å². The van der Waals surface area contributed by atoms with Crippen LogP contribution in [0.3, 0.4) is 0 Å². The Morgan fingerprint density at radius 3 is 2.79 bits per heavy atom. The summed E-state index contributed by atoms with van der Waals surface area (Å²) >= 11 is 0. The van der Waals surface area contributed by atoms with E-state index in [2.05, 4.69) is 20.7 Å². The summed E-state index contributed by atoms with van der Waals surface area (Å²) in [5.41, 5.74) is 3.36. The summed E-state index contributed by atoms with van der Waals surface area (Å²) in [4.78, 5) is 18.5. The summed E-state index contributed by atoms with van der Waals surface area (Å²) in [7, 11) is 1.89. The van der Waals surface area contributed by atoms with E-state index in [1.54, 1.807) is 10.9 Å². The molecule has 0 unspecified atom stereocenters. The van der Waals surface area contributed by atoms with Crippen LogP contribution < -0.4 is 15.5 Å². The van der Waals surface area contributed by atoms with E-state index in [9.17, 15) is 13.6 Å². The minimum absolute atomic E-state index is 0. The molecule has 2 aliphatic rings. The maximum Gasteiger partial charge on any atom is 0.248 e. The number of likely N-dealkylation sites (N-methyl/N-ethyl adjacent to an activating group) is 1. The van der Waals surface area contributed by atoms with E-state index in [1.165, 1.54) is 0 Å². The van der Waals surface area contributed by atoms with Crippen molar-refractivity contribution in [2.24, 2.45) is 5.92 Å². The number of alkyl halides is 2. The van der Waals surface area contributed by atoms with E-state index < -0.39 is 5.92 Å². The van der Waals surface area contributed by atoms with Gasteiger partial charge in [-0.3, -0.25) is 9.48 Å². The van der Waals surface area contributed by atoms with Crippen molar-refractivity contribution < 1.29 is 13.6 Å². The zero-order valence-corrected chi connectivity index (χ0v) is 17.7. The van der Waals surface area contributed by atoms with Gasteiger partial charge in [-0.2, -0.15) is 18.6 Å². The van der Waals surface area contributed by atoms with Crippen LogP contribution in [0, 0.1) is 12.8 Å². The minimum atomic E-state index is -2.50. The molecule has 7 nitrogen and oxygen atoms in total. The molecule has 0 saturated heterocycles. The number of amides is 1. The second-order valence-corrected chi connectivity index (χ2v) is 7.82.